The van der Waals surface area contributed by atoms with E-state index >= 15 is 0 Å². The third kappa shape index (κ3) is 2.62. The Balaban J connectivity index is 2.31. The van der Waals surface area contributed by atoms with E-state index in [0.29, 0.717) is 18.0 Å². The van der Waals surface area contributed by atoms with Crippen LogP contribution in [0.4, 0.5) is 0 Å². The lowest BCUT2D eigenvalue weighted by atomic mass is 10.0. The highest BCUT2D eigenvalue weighted by molar-refractivity contribution is 7.98. The molecule has 0 atom stereocenters. The van der Waals surface area contributed by atoms with E-state index in [2.05, 4.69) is 9.97 Å². The van der Waals surface area contributed by atoms with Gasteiger partial charge in [-0.05, 0) is 18.4 Å². The summed E-state index contributed by atoms with van der Waals surface area (Å²) in [5.74, 6) is -3.17. The first-order valence-electron chi connectivity index (χ1n) is 8.31. The lowest BCUT2D eigenvalue weighted by Gasteiger charge is -2.10. The summed E-state index contributed by atoms with van der Waals surface area (Å²) in [7, 11) is 0. The summed E-state index contributed by atoms with van der Waals surface area (Å²) >= 11 is 1.51. The number of hydrogen-bond donors (Lipinski definition) is 4. The van der Waals surface area contributed by atoms with Crippen molar-refractivity contribution in [3.05, 3.63) is 45.1 Å². The Morgan fingerprint density at radius 1 is 1.14 bits per heavy atom. The number of rotatable bonds is 6. The molecule has 0 aliphatic rings. The monoisotopic (exact) mass is 415 g/mol. The highest BCUT2D eigenvalue weighted by atomic mass is 32.2. The fraction of sp³-hybridized carbons (Fsp3) is 0.167. The minimum Gasteiger partial charge on any atom is -0.478 e. The first-order valence-corrected chi connectivity index (χ1v) is 9.70. The number of aromatic amines is 1. The zero-order valence-electron chi connectivity index (χ0n) is 14.8. The lowest BCUT2D eigenvalue weighted by Crippen LogP contribution is -2.13. The predicted octanol–water partition coefficient (Wildman–Crippen LogP) is 1.77. The van der Waals surface area contributed by atoms with Gasteiger partial charge in [-0.2, -0.15) is 11.8 Å². The second-order valence-corrected chi connectivity index (χ2v) is 7.32. The number of nitrogens with zero attached hydrogens (tertiary/aromatic N) is 2. The molecule has 0 radical (unpaired) electrons. The number of aryl methyl sites for hydroxylation is 1. The first-order chi connectivity index (χ1) is 13.8. The summed E-state index contributed by atoms with van der Waals surface area (Å²) in [5, 5.41) is 28.6. The van der Waals surface area contributed by atoms with Crippen LogP contribution in [0.3, 0.4) is 0 Å². The molecule has 3 heterocycles. The lowest BCUT2D eigenvalue weighted by molar-refractivity contribution is 0.0677. The molecule has 4 rings (SSSR count). The minimum absolute atomic E-state index is 0.0168. The number of thioether (sulfide) groups is 1. The van der Waals surface area contributed by atoms with Gasteiger partial charge in [0.15, 0.2) is 0 Å². The van der Waals surface area contributed by atoms with E-state index < -0.39 is 23.3 Å². The van der Waals surface area contributed by atoms with Crippen molar-refractivity contribution in [3.63, 3.8) is 0 Å². The maximum absolute atomic E-state index is 13.0. The van der Waals surface area contributed by atoms with Gasteiger partial charge in [0, 0.05) is 17.6 Å². The molecule has 4 aromatic rings. The van der Waals surface area contributed by atoms with Crippen molar-refractivity contribution in [3.8, 4) is 0 Å². The highest BCUT2D eigenvalue weighted by Gasteiger charge is 2.28. The molecule has 10 nitrogen and oxygen atoms in total. The number of imidazole rings is 1. The van der Waals surface area contributed by atoms with Gasteiger partial charge in [0.05, 0.1) is 22.0 Å². The van der Waals surface area contributed by atoms with Gasteiger partial charge in [-0.25, -0.2) is 19.4 Å². The average Bonchev–Trinajstić information content (AvgIpc) is 3.27. The number of aromatic carboxylic acids is 3. The normalized spacial score (nSPS) is 11.6. The van der Waals surface area contributed by atoms with Crippen molar-refractivity contribution in [2.24, 2.45) is 0 Å². The molecule has 11 heteroatoms. The first kappa shape index (κ1) is 18.7. The quantitative estimate of drug-likeness (QED) is 0.367. The summed E-state index contributed by atoms with van der Waals surface area (Å²) < 4.78 is 1.28. The molecule has 1 aromatic carbocycles. The maximum Gasteiger partial charge on any atom is 0.352 e. The predicted molar refractivity (Wildman–Crippen MR) is 105 cm³/mol. The van der Waals surface area contributed by atoms with Crippen LogP contribution in [-0.2, 0) is 6.42 Å². The Bertz CT molecular complexity index is 1400. The smallest absolute Gasteiger partial charge is 0.352 e. The van der Waals surface area contributed by atoms with Crippen LogP contribution in [0.25, 0.3) is 27.3 Å². The molecule has 0 spiro atoms. The number of carboxylic acids is 3. The van der Waals surface area contributed by atoms with Crippen molar-refractivity contribution in [2.75, 3.05) is 12.0 Å². The molecule has 0 bridgehead atoms. The van der Waals surface area contributed by atoms with Gasteiger partial charge in [0.2, 0.25) is 5.43 Å². The van der Waals surface area contributed by atoms with Gasteiger partial charge in [-0.15, -0.1) is 0 Å². The van der Waals surface area contributed by atoms with Gasteiger partial charge in [-0.3, -0.25) is 9.20 Å². The molecule has 0 unspecified atom stereocenters. The Morgan fingerprint density at radius 3 is 2.45 bits per heavy atom. The number of carbonyl (C=O) groups is 3. The fourth-order valence-corrected chi connectivity index (χ4v) is 3.92. The number of carboxylic acid groups (broad SMARTS) is 3. The number of H-pyrrole nitrogens is 1. The molecule has 0 amide bonds. The zero-order valence-corrected chi connectivity index (χ0v) is 15.7. The summed E-state index contributed by atoms with van der Waals surface area (Å²) in [6, 6.07) is 2.13. The van der Waals surface area contributed by atoms with Crippen molar-refractivity contribution < 1.29 is 29.7 Å². The minimum atomic E-state index is -1.41. The van der Waals surface area contributed by atoms with E-state index in [-0.39, 0.29) is 44.3 Å². The van der Waals surface area contributed by atoms with Crippen molar-refractivity contribution in [1.82, 2.24) is 14.4 Å². The van der Waals surface area contributed by atoms with Crippen molar-refractivity contribution in [1.29, 1.82) is 0 Å². The second kappa shape index (κ2) is 6.48. The summed E-state index contributed by atoms with van der Waals surface area (Å²) in [6.45, 7) is 0. The zero-order chi connectivity index (χ0) is 21.0. The Kier molecular flexibility index (Phi) is 4.19. The van der Waals surface area contributed by atoms with E-state index in [4.69, 9.17) is 0 Å². The van der Waals surface area contributed by atoms with E-state index in [0.717, 1.165) is 12.1 Å². The second-order valence-electron chi connectivity index (χ2n) is 6.34. The van der Waals surface area contributed by atoms with Crippen LogP contribution < -0.4 is 5.43 Å². The Labute approximate surface area is 165 Å². The number of pyridine rings is 1. The molecular formula is C18H13N3O7S. The van der Waals surface area contributed by atoms with Crippen LogP contribution in [0.15, 0.2) is 16.9 Å². The molecule has 148 valence electrons. The topological polar surface area (TPSA) is 162 Å². The fourth-order valence-electron chi connectivity index (χ4n) is 3.53. The van der Waals surface area contributed by atoms with E-state index in [1.54, 1.807) is 0 Å². The third-order valence-electron chi connectivity index (χ3n) is 4.71. The molecular weight excluding hydrogens is 402 g/mol. The van der Waals surface area contributed by atoms with E-state index in [1.165, 1.54) is 16.2 Å². The van der Waals surface area contributed by atoms with Gasteiger partial charge >= 0.3 is 17.9 Å². The molecule has 0 aliphatic heterocycles. The standard InChI is InChI=1S/C18H13N3O7S/c1-29-3-2-10-20-13-14-11(6(16(23)24)5-9(18(27)28)21(10)14)12-7(15(13)22)4-8(19-12)17(25)26/h4-5,19H,2-3H2,1H3,(H,23,24)(H,25,26)(H,27,28). The average molecular weight is 415 g/mol. The van der Waals surface area contributed by atoms with Gasteiger partial charge < -0.3 is 20.3 Å². The molecule has 0 aliphatic carbocycles. The number of aromatic nitrogens is 3. The van der Waals surface area contributed by atoms with E-state index in [9.17, 15) is 34.5 Å². The number of hydrogen-bond acceptors (Lipinski definition) is 6. The molecule has 29 heavy (non-hydrogen) atoms. The van der Waals surface area contributed by atoms with Crippen LogP contribution in [0, 0.1) is 0 Å². The van der Waals surface area contributed by atoms with Gasteiger partial charge in [-0.1, -0.05) is 0 Å². The van der Waals surface area contributed by atoms with Gasteiger partial charge in [0.25, 0.3) is 0 Å². The summed E-state index contributed by atoms with van der Waals surface area (Å²) in [6.07, 6.45) is 2.22. The molecule has 3 aromatic heterocycles. The molecule has 0 fully saturated rings. The largest absolute Gasteiger partial charge is 0.478 e. The number of fused-ring (bicyclic) bond motifs is 2. The maximum atomic E-state index is 13.0. The molecule has 4 N–H and O–H groups in total. The van der Waals surface area contributed by atoms with Gasteiger partial charge in [0.1, 0.15) is 22.7 Å². The molecule has 0 saturated heterocycles. The third-order valence-corrected chi connectivity index (χ3v) is 5.32. The Hall–Kier alpha value is -3.60. The van der Waals surface area contributed by atoms with E-state index in [1.807, 2.05) is 6.26 Å². The van der Waals surface area contributed by atoms with Crippen molar-refractivity contribution >= 4 is 57.0 Å². The summed E-state index contributed by atoms with van der Waals surface area (Å²) in [4.78, 5) is 55.0. The summed E-state index contributed by atoms with van der Waals surface area (Å²) in [5.41, 5.74) is -1.59. The van der Waals surface area contributed by atoms with Crippen LogP contribution in [0.5, 0.6) is 0 Å². The van der Waals surface area contributed by atoms with Crippen molar-refractivity contribution in [2.45, 2.75) is 6.42 Å². The van der Waals surface area contributed by atoms with Crippen LogP contribution in [0.1, 0.15) is 37.2 Å². The van der Waals surface area contributed by atoms with Crippen LogP contribution >= 0.6 is 11.8 Å². The SMILES string of the molecule is CSCCc1nc2c(=O)c3cc(C(=O)O)[nH]c3c3c(C(=O)O)cc(C(=O)O)n1c23. The number of nitrogens with one attached hydrogen (secondary N) is 1. The number of benzene rings is 1. The Morgan fingerprint density at radius 2 is 1.86 bits per heavy atom. The van der Waals surface area contributed by atoms with Crippen LogP contribution in [0.2, 0.25) is 0 Å². The molecule has 0 saturated carbocycles. The van der Waals surface area contributed by atoms with Crippen LogP contribution in [-0.4, -0.2) is 59.6 Å². The highest BCUT2D eigenvalue weighted by Crippen LogP contribution is 2.32.